The molecular formula is C9H14OSi. The Bertz CT molecular complexity index is 205. The second-order valence-electron chi connectivity index (χ2n) is 2.60. The van der Waals surface area contributed by atoms with Gasteiger partial charge in [-0.3, -0.25) is 0 Å². The quantitative estimate of drug-likeness (QED) is 0.609. The molecule has 0 aromatic heterocycles. The molecule has 1 rings (SSSR count). The monoisotopic (exact) mass is 166 g/mol. The van der Waals surface area contributed by atoms with Gasteiger partial charge in [0.25, 0.3) is 0 Å². The number of benzene rings is 1. The Hall–Kier alpha value is -0.763. The summed E-state index contributed by atoms with van der Waals surface area (Å²) in [5.74, 6) is 0.946. The van der Waals surface area contributed by atoms with Crippen LogP contribution < -0.4 is 4.74 Å². The van der Waals surface area contributed by atoms with Crippen LogP contribution in [0.25, 0.3) is 0 Å². The number of aryl methyl sites for hydroxylation is 1. The molecule has 1 nitrogen and oxygen atoms in total. The van der Waals surface area contributed by atoms with Crippen LogP contribution in [0.1, 0.15) is 5.56 Å². The van der Waals surface area contributed by atoms with Crippen LogP contribution in [-0.2, 0) is 6.42 Å². The van der Waals surface area contributed by atoms with Gasteiger partial charge in [-0.2, -0.15) is 0 Å². The number of hydrogen-bond donors (Lipinski definition) is 0. The molecule has 0 heterocycles. The van der Waals surface area contributed by atoms with Crippen molar-refractivity contribution in [2.24, 2.45) is 0 Å². The van der Waals surface area contributed by atoms with Crippen LogP contribution in [0, 0.1) is 0 Å². The van der Waals surface area contributed by atoms with Crippen molar-refractivity contribution in [1.29, 1.82) is 0 Å². The maximum Gasteiger partial charge on any atom is 0.118 e. The Balaban J connectivity index is 2.66. The Labute approximate surface area is 70.8 Å². The zero-order valence-corrected chi connectivity index (χ0v) is 9.13. The summed E-state index contributed by atoms with van der Waals surface area (Å²) in [7, 11) is 2.99. The van der Waals surface area contributed by atoms with Crippen molar-refractivity contribution in [3.8, 4) is 5.75 Å². The highest BCUT2D eigenvalue weighted by molar-refractivity contribution is 6.08. The van der Waals surface area contributed by atoms with Crippen molar-refractivity contribution in [3.05, 3.63) is 29.8 Å². The Morgan fingerprint density at radius 2 is 1.91 bits per heavy atom. The molecule has 0 atom stereocenters. The SMILES string of the molecule is COc1ccc(CC[SiH3])cc1. The van der Waals surface area contributed by atoms with Gasteiger partial charge in [0.05, 0.1) is 7.11 Å². The maximum atomic E-state index is 5.06. The molecule has 2 heteroatoms. The lowest BCUT2D eigenvalue weighted by Crippen LogP contribution is -1.85. The van der Waals surface area contributed by atoms with Crippen LogP contribution in [-0.4, -0.2) is 17.4 Å². The molecule has 0 saturated heterocycles. The average molecular weight is 166 g/mol. The fraction of sp³-hybridized carbons (Fsp3) is 0.333. The summed E-state index contributed by atoms with van der Waals surface area (Å²) in [6, 6.07) is 9.65. The maximum absolute atomic E-state index is 5.06. The van der Waals surface area contributed by atoms with E-state index in [1.165, 1.54) is 28.3 Å². The molecule has 0 unspecified atom stereocenters. The summed E-state index contributed by atoms with van der Waals surface area (Å²) >= 11 is 0. The highest BCUT2D eigenvalue weighted by Crippen LogP contribution is 2.11. The van der Waals surface area contributed by atoms with E-state index in [0.29, 0.717) is 0 Å². The fourth-order valence-corrected chi connectivity index (χ4v) is 1.66. The molecule has 0 aliphatic carbocycles. The van der Waals surface area contributed by atoms with E-state index in [1.807, 2.05) is 12.1 Å². The predicted octanol–water partition coefficient (Wildman–Crippen LogP) is 1.02. The van der Waals surface area contributed by atoms with E-state index < -0.39 is 0 Å². The average Bonchev–Trinajstić information content (AvgIpc) is 2.07. The molecule has 1 aromatic carbocycles. The van der Waals surface area contributed by atoms with Gasteiger partial charge < -0.3 is 4.74 Å². The normalized spacial score (nSPS) is 9.91. The van der Waals surface area contributed by atoms with E-state index in [0.717, 1.165) is 5.75 Å². The lowest BCUT2D eigenvalue weighted by atomic mass is 10.2. The van der Waals surface area contributed by atoms with Crippen LogP contribution in [0.5, 0.6) is 5.75 Å². The van der Waals surface area contributed by atoms with Crippen LogP contribution in [0.15, 0.2) is 24.3 Å². The molecule has 0 aliphatic heterocycles. The topological polar surface area (TPSA) is 9.23 Å². The predicted molar refractivity (Wildman–Crippen MR) is 51.4 cm³/mol. The first kappa shape index (κ1) is 8.33. The lowest BCUT2D eigenvalue weighted by molar-refractivity contribution is 0.414. The van der Waals surface area contributed by atoms with E-state index in [2.05, 4.69) is 12.1 Å². The van der Waals surface area contributed by atoms with Gasteiger partial charge in [0.2, 0.25) is 0 Å². The summed E-state index contributed by atoms with van der Waals surface area (Å²) in [4.78, 5) is 0. The van der Waals surface area contributed by atoms with Crippen molar-refractivity contribution in [2.45, 2.75) is 12.5 Å². The standard InChI is InChI=1S/C9H14OSi/c1-10-9-4-2-8(3-5-9)6-7-11/h2-5H,6-7H2,1,11H3. The largest absolute Gasteiger partial charge is 0.497 e. The fourth-order valence-electron chi connectivity index (χ4n) is 1.08. The van der Waals surface area contributed by atoms with Crippen LogP contribution in [0.2, 0.25) is 6.04 Å². The van der Waals surface area contributed by atoms with Crippen LogP contribution in [0.4, 0.5) is 0 Å². The van der Waals surface area contributed by atoms with Crippen molar-refractivity contribution in [3.63, 3.8) is 0 Å². The van der Waals surface area contributed by atoms with Gasteiger partial charge in [0.1, 0.15) is 5.75 Å². The Kier molecular flexibility index (Phi) is 3.17. The van der Waals surface area contributed by atoms with Gasteiger partial charge in [0, 0.05) is 10.2 Å². The van der Waals surface area contributed by atoms with Gasteiger partial charge in [-0.25, -0.2) is 0 Å². The third-order valence-electron chi connectivity index (χ3n) is 1.70. The van der Waals surface area contributed by atoms with Gasteiger partial charge in [0.15, 0.2) is 0 Å². The first-order valence-corrected chi connectivity index (χ1v) is 5.41. The molecule has 0 N–H and O–H groups in total. The van der Waals surface area contributed by atoms with E-state index in [1.54, 1.807) is 7.11 Å². The van der Waals surface area contributed by atoms with Crippen molar-refractivity contribution >= 4 is 10.2 Å². The number of methoxy groups -OCH3 is 1. The van der Waals surface area contributed by atoms with E-state index in [4.69, 9.17) is 4.74 Å². The lowest BCUT2D eigenvalue weighted by Gasteiger charge is -2.00. The molecule has 0 bridgehead atoms. The minimum atomic E-state index is 0.946. The number of hydrogen-bond acceptors (Lipinski definition) is 1. The van der Waals surface area contributed by atoms with Crippen LogP contribution in [0.3, 0.4) is 0 Å². The van der Waals surface area contributed by atoms with Gasteiger partial charge >= 0.3 is 0 Å². The first-order chi connectivity index (χ1) is 5.36. The smallest absolute Gasteiger partial charge is 0.118 e. The summed E-state index contributed by atoms with van der Waals surface area (Å²) in [5, 5.41) is 0. The Morgan fingerprint density at radius 3 is 2.36 bits per heavy atom. The molecular weight excluding hydrogens is 152 g/mol. The molecule has 60 valence electrons. The van der Waals surface area contributed by atoms with Gasteiger partial charge in [-0.15, -0.1) is 0 Å². The van der Waals surface area contributed by atoms with Gasteiger partial charge in [-0.1, -0.05) is 18.2 Å². The third-order valence-corrected chi connectivity index (χ3v) is 2.20. The molecule has 0 saturated carbocycles. The highest BCUT2D eigenvalue weighted by Gasteiger charge is 1.91. The van der Waals surface area contributed by atoms with Crippen molar-refractivity contribution in [1.82, 2.24) is 0 Å². The molecule has 0 aliphatic rings. The zero-order valence-electron chi connectivity index (χ0n) is 7.13. The molecule has 0 amide bonds. The summed E-state index contributed by atoms with van der Waals surface area (Å²) in [5.41, 5.74) is 1.42. The second kappa shape index (κ2) is 4.19. The highest BCUT2D eigenvalue weighted by atomic mass is 28.1. The number of rotatable bonds is 3. The minimum absolute atomic E-state index is 0.946. The molecule has 0 fully saturated rings. The van der Waals surface area contributed by atoms with Crippen LogP contribution >= 0.6 is 0 Å². The van der Waals surface area contributed by atoms with E-state index in [9.17, 15) is 0 Å². The van der Waals surface area contributed by atoms with Crippen molar-refractivity contribution in [2.75, 3.05) is 7.11 Å². The Morgan fingerprint density at radius 1 is 1.27 bits per heavy atom. The summed E-state index contributed by atoms with van der Waals surface area (Å²) in [6.07, 6.45) is 1.22. The minimum Gasteiger partial charge on any atom is -0.497 e. The third kappa shape index (κ3) is 2.39. The second-order valence-corrected chi connectivity index (χ2v) is 3.60. The number of ether oxygens (including phenoxy) is 1. The van der Waals surface area contributed by atoms with E-state index in [-0.39, 0.29) is 0 Å². The summed E-state index contributed by atoms with van der Waals surface area (Å²) in [6.45, 7) is 0. The molecule has 11 heavy (non-hydrogen) atoms. The van der Waals surface area contributed by atoms with Crippen molar-refractivity contribution < 1.29 is 4.74 Å². The summed E-state index contributed by atoms with van der Waals surface area (Å²) < 4.78 is 5.06. The molecule has 0 radical (unpaired) electrons. The van der Waals surface area contributed by atoms with E-state index >= 15 is 0 Å². The molecule has 1 aromatic rings. The zero-order chi connectivity index (χ0) is 8.10. The first-order valence-electron chi connectivity index (χ1n) is 3.99. The van der Waals surface area contributed by atoms with Gasteiger partial charge in [-0.05, 0) is 24.1 Å². The molecule has 0 spiro atoms.